The van der Waals surface area contributed by atoms with Crippen molar-refractivity contribution in [3.63, 3.8) is 0 Å². The molecule has 0 radical (unpaired) electrons. The number of benzene rings is 2. The minimum absolute atomic E-state index is 0.309. The highest BCUT2D eigenvalue weighted by molar-refractivity contribution is 5.90. The molecular weight excluding hydrogens is 480 g/mol. The highest BCUT2D eigenvalue weighted by Gasteiger charge is 2.31. The number of carbonyl (C=O) groups excluding carboxylic acids is 3. The van der Waals surface area contributed by atoms with Crippen molar-refractivity contribution in [3.8, 4) is 11.1 Å². The summed E-state index contributed by atoms with van der Waals surface area (Å²) in [6, 6.07) is 16.8. The summed E-state index contributed by atoms with van der Waals surface area (Å²) in [6.07, 6.45) is 4.12. The van der Waals surface area contributed by atoms with Crippen LogP contribution in [0.1, 0.15) is 46.1 Å². The first kappa shape index (κ1) is 30.4. The van der Waals surface area contributed by atoms with E-state index in [-0.39, 0.29) is 5.91 Å². The molecule has 3 atom stereocenters. The van der Waals surface area contributed by atoms with Crippen LogP contribution in [-0.4, -0.2) is 52.8 Å². The summed E-state index contributed by atoms with van der Waals surface area (Å²) < 4.78 is 0. The number of likely N-dealkylation sites (tertiary alicyclic amines) is 1. The Labute approximate surface area is 226 Å². The Morgan fingerprint density at radius 3 is 2.18 bits per heavy atom. The Kier molecular flexibility index (Phi) is 11.8. The van der Waals surface area contributed by atoms with Crippen molar-refractivity contribution in [1.82, 2.24) is 15.2 Å². The van der Waals surface area contributed by atoms with Crippen LogP contribution in [0.2, 0.25) is 0 Å². The summed E-state index contributed by atoms with van der Waals surface area (Å²) >= 11 is 0. The summed E-state index contributed by atoms with van der Waals surface area (Å²) in [7, 11) is 0. The highest BCUT2D eigenvalue weighted by atomic mass is 16.2. The van der Waals surface area contributed by atoms with E-state index in [0.29, 0.717) is 37.8 Å². The van der Waals surface area contributed by atoms with Crippen LogP contribution < -0.4 is 22.6 Å². The summed E-state index contributed by atoms with van der Waals surface area (Å²) in [5, 5.41) is 4.36. The molecule has 206 valence electrons. The van der Waals surface area contributed by atoms with Gasteiger partial charge in [-0.2, -0.15) is 0 Å². The number of rotatable bonds is 10. The molecule has 9 heteroatoms. The fourth-order valence-corrected chi connectivity index (χ4v) is 4.08. The van der Waals surface area contributed by atoms with Gasteiger partial charge in [-0.25, -0.2) is 5.84 Å². The Morgan fingerprint density at radius 2 is 1.66 bits per heavy atom. The third-order valence-corrected chi connectivity index (χ3v) is 6.68. The Balaban J connectivity index is 0.000000391. The van der Waals surface area contributed by atoms with Crippen molar-refractivity contribution < 1.29 is 14.4 Å². The number of hydrogen-bond donors (Lipinski definition) is 4. The molecule has 2 aromatic carbocycles. The average molecular weight is 523 g/mol. The van der Waals surface area contributed by atoms with E-state index < -0.39 is 18.0 Å². The number of allylic oxidation sites excluding steroid dienone is 1. The molecule has 0 spiro atoms. The van der Waals surface area contributed by atoms with Crippen LogP contribution in [0.5, 0.6) is 0 Å². The van der Waals surface area contributed by atoms with E-state index in [4.69, 9.17) is 17.3 Å². The number of nitrogens with zero attached hydrogens (tertiary/aromatic N) is 2. The normalized spacial score (nSPS) is 16.7. The second kappa shape index (κ2) is 14.8. The van der Waals surface area contributed by atoms with E-state index in [1.165, 1.54) is 4.90 Å². The molecular formula is C29H42N6O3. The monoisotopic (exact) mass is 522 g/mol. The van der Waals surface area contributed by atoms with Gasteiger partial charge in [-0.3, -0.25) is 14.4 Å². The zero-order valence-corrected chi connectivity index (χ0v) is 22.8. The van der Waals surface area contributed by atoms with Crippen molar-refractivity contribution in [3.05, 3.63) is 72.1 Å². The van der Waals surface area contributed by atoms with Crippen molar-refractivity contribution in [1.29, 1.82) is 0 Å². The number of amides is 3. The van der Waals surface area contributed by atoms with Gasteiger partial charge in [0.15, 0.2) is 0 Å². The van der Waals surface area contributed by atoms with E-state index in [1.54, 1.807) is 11.2 Å². The molecule has 1 saturated heterocycles. The predicted molar refractivity (Wildman–Crippen MR) is 151 cm³/mol. The lowest BCUT2D eigenvalue weighted by atomic mass is 10.00. The summed E-state index contributed by atoms with van der Waals surface area (Å²) in [4.78, 5) is 36.8. The van der Waals surface area contributed by atoms with Crippen LogP contribution >= 0.6 is 0 Å². The minimum Gasteiger partial charge on any atom is -0.401 e. The van der Waals surface area contributed by atoms with Gasteiger partial charge in [-0.05, 0) is 49.3 Å². The maximum atomic E-state index is 12.4. The molecule has 9 nitrogen and oxygen atoms in total. The van der Waals surface area contributed by atoms with Gasteiger partial charge in [0.25, 0.3) is 0 Å². The van der Waals surface area contributed by atoms with Crippen molar-refractivity contribution in [2.24, 2.45) is 23.2 Å². The third-order valence-electron chi connectivity index (χ3n) is 6.68. The molecule has 1 heterocycles. The van der Waals surface area contributed by atoms with E-state index in [2.05, 4.69) is 26.1 Å². The van der Waals surface area contributed by atoms with Crippen molar-refractivity contribution in [2.75, 3.05) is 6.54 Å². The zero-order valence-electron chi connectivity index (χ0n) is 22.8. The van der Waals surface area contributed by atoms with Crippen LogP contribution in [0.3, 0.4) is 0 Å². The predicted octanol–water partition coefficient (Wildman–Crippen LogP) is 2.51. The number of hydrazine groups is 1. The molecule has 1 aliphatic rings. The molecule has 3 unspecified atom stereocenters. The lowest BCUT2D eigenvalue weighted by Crippen LogP contribution is -2.51. The molecule has 7 N–H and O–H groups in total. The van der Waals surface area contributed by atoms with Crippen LogP contribution in [0.4, 0.5) is 0 Å². The lowest BCUT2D eigenvalue weighted by Gasteiger charge is -2.25. The minimum atomic E-state index is -0.811. The molecule has 1 fully saturated rings. The van der Waals surface area contributed by atoms with E-state index >= 15 is 0 Å². The van der Waals surface area contributed by atoms with E-state index in [9.17, 15) is 14.4 Å². The smallest absolute Gasteiger partial charge is 0.243 e. The van der Waals surface area contributed by atoms with Crippen LogP contribution in [0.25, 0.3) is 11.1 Å². The van der Waals surface area contributed by atoms with Crippen molar-refractivity contribution >= 4 is 18.2 Å². The summed E-state index contributed by atoms with van der Waals surface area (Å²) in [5.41, 5.74) is 14.8. The third kappa shape index (κ3) is 9.23. The molecule has 1 aliphatic heterocycles. The quantitative estimate of drug-likeness (QED) is 0.214. The SMILES string of the molecule is C/C(N)=C/N(N)C(C)C(C)C.NC(=O)C(Cc1ccc(-c2ccccc2)cc1)NC(=O)C1CCCN1C=O. The second-order valence-corrected chi connectivity index (χ2v) is 10.0. The van der Waals surface area contributed by atoms with E-state index in [1.807, 2.05) is 61.5 Å². The zero-order chi connectivity index (χ0) is 28.2. The topological polar surface area (TPSA) is 148 Å². The molecule has 0 aliphatic carbocycles. The summed E-state index contributed by atoms with van der Waals surface area (Å²) in [6.45, 7) is 8.72. The van der Waals surface area contributed by atoms with Gasteiger partial charge in [0, 0.05) is 30.9 Å². The first-order valence-electron chi connectivity index (χ1n) is 13.0. The molecule has 38 heavy (non-hydrogen) atoms. The Morgan fingerprint density at radius 1 is 1.05 bits per heavy atom. The average Bonchev–Trinajstić information content (AvgIpc) is 3.38. The fourth-order valence-electron chi connectivity index (χ4n) is 4.08. The van der Waals surface area contributed by atoms with Gasteiger partial charge < -0.3 is 26.7 Å². The van der Waals surface area contributed by atoms with Crippen LogP contribution in [-0.2, 0) is 20.8 Å². The van der Waals surface area contributed by atoms with Crippen molar-refractivity contribution in [2.45, 2.75) is 65.1 Å². The fraction of sp³-hybridized carbons (Fsp3) is 0.414. The number of carbonyl (C=O) groups is 3. The molecule has 0 aromatic heterocycles. The number of primary amides is 1. The molecule has 0 saturated carbocycles. The number of nitrogens with one attached hydrogen (secondary N) is 1. The lowest BCUT2D eigenvalue weighted by molar-refractivity contribution is -0.133. The molecule has 2 aromatic rings. The van der Waals surface area contributed by atoms with Gasteiger partial charge in [0.2, 0.25) is 18.2 Å². The van der Waals surface area contributed by atoms with Crippen LogP contribution in [0.15, 0.2) is 66.5 Å². The Bertz CT molecular complexity index is 1070. The second-order valence-electron chi connectivity index (χ2n) is 10.0. The van der Waals surface area contributed by atoms with Gasteiger partial charge in [-0.15, -0.1) is 0 Å². The molecule has 0 bridgehead atoms. The van der Waals surface area contributed by atoms with Gasteiger partial charge >= 0.3 is 0 Å². The maximum Gasteiger partial charge on any atom is 0.243 e. The summed E-state index contributed by atoms with van der Waals surface area (Å²) in [5.74, 6) is 5.31. The first-order valence-corrected chi connectivity index (χ1v) is 13.0. The largest absolute Gasteiger partial charge is 0.401 e. The van der Waals surface area contributed by atoms with Gasteiger partial charge in [0.05, 0.1) is 0 Å². The number of nitrogens with two attached hydrogens (primary N) is 3. The maximum absolute atomic E-state index is 12.4. The van der Waals surface area contributed by atoms with Gasteiger partial charge in [0.1, 0.15) is 12.1 Å². The van der Waals surface area contributed by atoms with Gasteiger partial charge in [-0.1, -0.05) is 68.4 Å². The molecule has 3 amide bonds. The molecule has 3 rings (SSSR count). The van der Waals surface area contributed by atoms with E-state index in [0.717, 1.165) is 28.8 Å². The standard InChI is InChI=1S/C21H23N3O3.C8H19N3/c22-20(26)18(23-21(27)19-7-4-12-24(19)14-25)13-15-8-10-17(11-9-15)16-5-2-1-3-6-16;1-6(2)8(4)11(10)5-7(3)9/h1-3,5-6,8-11,14,18-19H,4,7,12-13H2,(H2,22,26)(H,23,27);5-6,8H,9-10H2,1-4H3/b;7-5-. The number of hydrogen-bond acceptors (Lipinski definition) is 6. The Hall–Kier alpha value is -3.85. The highest BCUT2D eigenvalue weighted by Crippen LogP contribution is 2.20. The van der Waals surface area contributed by atoms with Crippen LogP contribution in [0, 0.1) is 5.92 Å². The first-order chi connectivity index (χ1) is 18.0.